The molecule has 1 aromatic rings. The van der Waals surface area contributed by atoms with Crippen LogP contribution in [0.25, 0.3) is 0 Å². The van der Waals surface area contributed by atoms with Gasteiger partial charge in [-0.25, -0.2) is 0 Å². The number of aliphatic imine (C=N–C) groups is 1. The van der Waals surface area contributed by atoms with E-state index in [1.807, 2.05) is 7.05 Å². The molecule has 0 saturated carbocycles. The molecular weight excluding hydrogens is 248 g/mol. The van der Waals surface area contributed by atoms with E-state index in [0.717, 1.165) is 19.0 Å². The van der Waals surface area contributed by atoms with Gasteiger partial charge in [0.25, 0.3) is 0 Å². The Balaban J connectivity index is 2.42. The summed E-state index contributed by atoms with van der Waals surface area (Å²) < 4.78 is 0. The van der Waals surface area contributed by atoms with Gasteiger partial charge in [0.05, 0.1) is 0 Å². The summed E-state index contributed by atoms with van der Waals surface area (Å²) in [4.78, 5) is 6.35. The van der Waals surface area contributed by atoms with Crippen LogP contribution >= 0.6 is 0 Å². The topological polar surface area (TPSA) is 39.7 Å². The summed E-state index contributed by atoms with van der Waals surface area (Å²) in [7, 11) is 5.92. The van der Waals surface area contributed by atoms with Crippen molar-refractivity contribution in [1.82, 2.24) is 10.6 Å². The van der Waals surface area contributed by atoms with Gasteiger partial charge in [-0.3, -0.25) is 4.99 Å². The SMILES string of the molecule is CCCCCNC(=NC)NCc1cccc(N(C)C)c1. The standard InChI is InChI=1S/C16H28N4/c1-5-6-7-11-18-16(17-2)19-13-14-9-8-10-15(12-14)20(3)4/h8-10,12H,5-7,11,13H2,1-4H3,(H2,17,18,19). The van der Waals surface area contributed by atoms with E-state index in [4.69, 9.17) is 0 Å². The fraction of sp³-hybridized carbons (Fsp3) is 0.562. The number of hydrogen-bond acceptors (Lipinski definition) is 2. The van der Waals surface area contributed by atoms with Crippen molar-refractivity contribution in [2.24, 2.45) is 4.99 Å². The Morgan fingerprint density at radius 1 is 1.20 bits per heavy atom. The maximum absolute atomic E-state index is 4.24. The summed E-state index contributed by atoms with van der Waals surface area (Å²) in [5.41, 5.74) is 2.47. The van der Waals surface area contributed by atoms with E-state index in [-0.39, 0.29) is 0 Å². The van der Waals surface area contributed by atoms with Crippen molar-refractivity contribution in [3.63, 3.8) is 0 Å². The lowest BCUT2D eigenvalue weighted by molar-refractivity contribution is 0.683. The zero-order valence-corrected chi connectivity index (χ0v) is 13.2. The molecule has 4 nitrogen and oxygen atoms in total. The quantitative estimate of drug-likeness (QED) is 0.457. The zero-order valence-electron chi connectivity index (χ0n) is 13.2. The number of rotatable bonds is 7. The molecule has 20 heavy (non-hydrogen) atoms. The van der Waals surface area contributed by atoms with Crippen molar-refractivity contribution in [3.05, 3.63) is 29.8 Å². The van der Waals surface area contributed by atoms with E-state index in [1.54, 1.807) is 0 Å². The number of nitrogens with zero attached hydrogens (tertiary/aromatic N) is 2. The number of guanidine groups is 1. The highest BCUT2D eigenvalue weighted by atomic mass is 15.2. The van der Waals surface area contributed by atoms with Crippen LogP contribution in [0.4, 0.5) is 5.69 Å². The predicted molar refractivity (Wildman–Crippen MR) is 88.5 cm³/mol. The van der Waals surface area contributed by atoms with Crippen molar-refractivity contribution >= 4 is 11.6 Å². The first kappa shape index (κ1) is 16.3. The molecule has 0 spiro atoms. The van der Waals surface area contributed by atoms with Crippen LogP contribution < -0.4 is 15.5 Å². The molecule has 0 aliphatic rings. The second-order valence-electron chi connectivity index (χ2n) is 5.12. The molecule has 0 unspecified atom stereocenters. The summed E-state index contributed by atoms with van der Waals surface area (Å²) in [5, 5.41) is 6.69. The van der Waals surface area contributed by atoms with Crippen LogP contribution in [0.2, 0.25) is 0 Å². The average Bonchev–Trinajstić information content (AvgIpc) is 2.47. The van der Waals surface area contributed by atoms with Gasteiger partial charge in [0.2, 0.25) is 0 Å². The first-order valence-corrected chi connectivity index (χ1v) is 7.38. The highest BCUT2D eigenvalue weighted by molar-refractivity contribution is 5.79. The van der Waals surface area contributed by atoms with Gasteiger partial charge < -0.3 is 15.5 Å². The van der Waals surface area contributed by atoms with Crippen LogP contribution in [0.3, 0.4) is 0 Å². The maximum atomic E-state index is 4.24. The Hall–Kier alpha value is -1.71. The molecule has 1 aromatic carbocycles. The average molecular weight is 276 g/mol. The normalized spacial score (nSPS) is 11.3. The maximum Gasteiger partial charge on any atom is 0.191 e. The molecule has 4 heteroatoms. The lowest BCUT2D eigenvalue weighted by Gasteiger charge is -2.15. The molecule has 0 aromatic heterocycles. The summed E-state index contributed by atoms with van der Waals surface area (Å²) >= 11 is 0. The van der Waals surface area contributed by atoms with Crippen LogP contribution in [-0.2, 0) is 6.54 Å². The number of anilines is 1. The highest BCUT2D eigenvalue weighted by Gasteiger charge is 2.00. The summed E-state index contributed by atoms with van der Waals surface area (Å²) in [6.07, 6.45) is 3.69. The highest BCUT2D eigenvalue weighted by Crippen LogP contribution is 2.12. The molecule has 112 valence electrons. The third-order valence-corrected chi connectivity index (χ3v) is 3.18. The minimum Gasteiger partial charge on any atom is -0.378 e. The third-order valence-electron chi connectivity index (χ3n) is 3.18. The minimum atomic E-state index is 0.787. The molecule has 0 radical (unpaired) electrons. The fourth-order valence-electron chi connectivity index (χ4n) is 1.93. The minimum absolute atomic E-state index is 0.787. The third kappa shape index (κ3) is 5.95. The van der Waals surface area contributed by atoms with Crippen molar-refractivity contribution in [3.8, 4) is 0 Å². The van der Waals surface area contributed by atoms with Gasteiger partial charge in [0.1, 0.15) is 0 Å². The van der Waals surface area contributed by atoms with Gasteiger partial charge in [-0.15, -0.1) is 0 Å². The van der Waals surface area contributed by atoms with Crippen LogP contribution in [0, 0.1) is 0 Å². The molecule has 0 bridgehead atoms. The van der Waals surface area contributed by atoms with Crippen LogP contribution in [-0.4, -0.2) is 33.6 Å². The molecule has 0 amide bonds. The molecule has 0 fully saturated rings. The Morgan fingerprint density at radius 3 is 2.65 bits per heavy atom. The molecular formula is C16H28N4. The van der Waals surface area contributed by atoms with E-state index < -0.39 is 0 Å². The lowest BCUT2D eigenvalue weighted by atomic mass is 10.2. The van der Waals surface area contributed by atoms with E-state index in [9.17, 15) is 0 Å². The van der Waals surface area contributed by atoms with Gasteiger partial charge in [-0.05, 0) is 24.1 Å². The van der Waals surface area contributed by atoms with Crippen molar-refractivity contribution in [2.45, 2.75) is 32.7 Å². The molecule has 0 heterocycles. The first-order valence-electron chi connectivity index (χ1n) is 7.38. The summed E-state index contributed by atoms with van der Waals surface area (Å²) in [6, 6.07) is 8.52. The number of hydrogen-bond donors (Lipinski definition) is 2. The molecule has 2 N–H and O–H groups in total. The van der Waals surface area contributed by atoms with Gasteiger partial charge in [-0.1, -0.05) is 31.9 Å². The van der Waals surface area contributed by atoms with Gasteiger partial charge in [0, 0.05) is 39.9 Å². The Labute approximate surface area is 123 Å². The van der Waals surface area contributed by atoms with Crippen LogP contribution in [0.15, 0.2) is 29.3 Å². The van der Waals surface area contributed by atoms with E-state index >= 15 is 0 Å². The van der Waals surface area contributed by atoms with E-state index in [0.29, 0.717) is 0 Å². The number of unbranched alkanes of at least 4 members (excludes halogenated alkanes) is 2. The molecule has 0 aliphatic heterocycles. The first-order chi connectivity index (χ1) is 9.67. The second-order valence-corrected chi connectivity index (χ2v) is 5.12. The van der Waals surface area contributed by atoms with Crippen LogP contribution in [0.1, 0.15) is 31.7 Å². The fourth-order valence-corrected chi connectivity index (χ4v) is 1.93. The molecule has 1 rings (SSSR count). The van der Waals surface area contributed by atoms with Crippen LogP contribution in [0.5, 0.6) is 0 Å². The zero-order chi connectivity index (χ0) is 14.8. The van der Waals surface area contributed by atoms with Crippen molar-refractivity contribution < 1.29 is 0 Å². The van der Waals surface area contributed by atoms with Crippen molar-refractivity contribution in [1.29, 1.82) is 0 Å². The molecule has 0 aliphatic carbocycles. The molecule has 0 saturated heterocycles. The monoisotopic (exact) mass is 276 g/mol. The number of nitrogens with one attached hydrogen (secondary N) is 2. The van der Waals surface area contributed by atoms with E-state index in [2.05, 4.69) is 65.8 Å². The van der Waals surface area contributed by atoms with E-state index in [1.165, 1.54) is 30.5 Å². The molecule has 0 atom stereocenters. The lowest BCUT2D eigenvalue weighted by Crippen LogP contribution is -2.37. The second kappa shape index (κ2) is 9.23. The summed E-state index contributed by atoms with van der Waals surface area (Å²) in [6.45, 7) is 3.98. The number of benzene rings is 1. The smallest absolute Gasteiger partial charge is 0.191 e. The summed E-state index contributed by atoms with van der Waals surface area (Å²) in [5.74, 6) is 0.872. The van der Waals surface area contributed by atoms with Gasteiger partial charge >= 0.3 is 0 Å². The Bertz CT molecular complexity index is 413. The predicted octanol–water partition coefficient (Wildman–Crippen LogP) is 2.61. The Kier molecular flexibility index (Phi) is 7.55. The van der Waals surface area contributed by atoms with Gasteiger partial charge in [-0.2, -0.15) is 0 Å². The van der Waals surface area contributed by atoms with Crippen molar-refractivity contribution in [2.75, 3.05) is 32.6 Å². The van der Waals surface area contributed by atoms with Gasteiger partial charge in [0.15, 0.2) is 5.96 Å². The largest absolute Gasteiger partial charge is 0.378 e. The Morgan fingerprint density at radius 2 is 2.00 bits per heavy atom.